The molecule has 7 heteroatoms. The van der Waals surface area contributed by atoms with Crippen molar-refractivity contribution in [2.24, 2.45) is 5.73 Å². The van der Waals surface area contributed by atoms with Gasteiger partial charge in [-0.15, -0.1) is 11.3 Å². The molecule has 1 fully saturated rings. The van der Waals surface area contributed by atoms with Gasteiger partial charge in [0.25, 0.3) is 0 Å². The van der Waals surface area contributed by atoms with Crippen LogP contribution in [-0.2, 0) is 12.7 Å². The minimum absolute atomic E-state index is 0.0768. The largest absolute Gasteiger partial charge is 0.427 e. The molecule has 1 saturated heterocycles. The van der Waals surface area contributed by atoms with E-state index in [0.29, 0.717) is 17.9 Å². The zero-order valence-corrected chi connectivity index (χ0v) is 9.31. The molecule has 90 valence electrons. The fourth-order valence-electron chi connectivity index (χ4n) is 1.83. The Labute approximate surface area is 95.1 Å². The van der Waals surface area contributed by atoms with E-state index >= 15 is 0 Å². The zero-order chi connectivity index (χ0) is 11.8. The van der Waals surface area contributed by atoms with Gasteiger partial charge in [-0.25, -0.2) is 4.98 Å². The number of alkyl halides is 3. The van der Waals surface area contributed by atoms with Crippen molar-refractivity contribution in [3.8, 4) is 0 Å². The molecule has 0 amide bonds. The Hall–Kier alpha value is -0.660. The van der Waals surface area contributed by atoms with Crippen LogP contribution < -0.4 is 5.73 Å². The quantitative estimate of drug-likeness (QED) is 0.869. The Balaban J connectivity index is 2.07. The van der Waals surface area contributed by atoms with Crippen LogP contribution in [0.3, 0.4) is 0 Å². The summed E-state index contributed by atoms with van der Waals surface area (Å²) in [6, 6.07) is 0.0768. The number of aromatic nitrogens is 1. The standard InChI is InChI=1S/C9H12F3N3S/c10-9(11,12)8-7(14-5-16-8)4-15-2-1-6(13)3-15/h5-6H,1-4,13H2. The third kappa shape index (κ3) is 2.53. The molecule has 1 aromatic rings. The van der Waals surface area contributed by atoms with Gasteiger partial charge in [0.2, 0.25) is 0 Å². The van der Waals surface area contributed by atoms with Crippen LogP contribution in [0, 0.1) is 0 Å². The van der Waals surface area contributed by atoms with Crippen molar-refractivity contribution < 1.29 is 13.2 Å². The molecule has 0 saturated carbocycles. The van der Waals surface area contributed by atoms with Crippen molar-refractivity contribution in [3.05, 3.63) is 16.1 Å². The van der Waals surface area contributed by atoms with Crippen molar-refractivity contribution in [1.82, 2.24) is 9.88 Å². The van der Waals surface area contributed by atoms with Gasteiger partial charge in [0.1, 0.15) is 4.88 Å². The van der Waals surface area contributed by atoms with Gasteiger partial charge in [0.15, 0.2) is 0 Å². The summed E-state index contributed by atoms with van der Waals surface area (Å²) < 4.78 is 37.7. The molecule has 0 bridgehead atoms. The molecule has 0 spiro atoms. The van der Waals surface area contributed by atoms with E-state index in [1.54, 1.807) is 0 Å². The number of nitrogens with two attached hydrogens (primary N) is 1. The van der Waals surface area contributed by atoms with Crippen LogP contribution in [0.5, 0.6) is 0 Å². The van der Waals surface area contributed by atoms with Crippen molar-refractivity contribution in [2.75, 3.05) is 13.1 Å². The second-order valence-corrected chi connectivity index (χ2v) is 4.76. The number of nitrogens with zero attached hydrogens (tertiary/aromatic N) is 2. The number of rotatable bonds is 2. The topological polar surface area (TPSA) is 42.1 Å². The highest BCUT2D eigenvalue weighted by atomic mass is 32.1. The maximum Gasteiger partial charge on any atom is 0.427 e. The van der Waals surface area contributed by atoms with Gasteiger partial charge in [-0.1, -0.05) is 0 Å². The highest BCUT2D eigenvalue weighted by Gasteiger charge is 2.36. The maximum atomic E-state index is 12.6. The Morgan fingerprint density at radius 3 is 2.88 bits per heavy atom. The average molecular weight is 251 g/mol. The van der Waals surface area contributed by atoms with E-state index < -0.39 is 11.1 Å². The summed E-state index contributed by atoms with van der Waals surface area (Å²) in [4.78, 5) is 5.11. The smallest absolute Gasteiger partial charge is 0.326 e. The average Bonchev–Trinajstić information content (AvgIpc) is 2.74. The Kier molecular flexibility index (Phi) is 3.18. The predicted molar refractivity (Wildman–Crippen MR) is 55.0 cm³/mol. The Morgan fingerprint density at radius 1 is 1.56 bits per heavy atom. The van der Waals surface area contributed by atoms with Gasteiger partial charge in [0.05, 0.1) is 11.2 Å². The van der Waals surface area contributed by atoms with Gasteiger partial charge >= 0.3 is 6.18 Å². The molecule has 0 radical (unpaired) electrons. The normalized spacial score (nSPS) is 22.9. The molecule has 0 aromatic carbocycles. The molecule has 1 aliphatic rings. The third-order valence-electron chi connectivity index (χ3n) is 2.58. The Morgan fingerprint density at radius 2 is 2.31 bits per heavy atom. The second-order valence-electron chi connectivity index (χ2n) is 3.91. The zero-order valence-electron chi connectivity index (χ0n) is 8.50. The third-order valence-corrected chi connectivity index (χ3v) is 3.49. The number of halogens is 3. The lowest BCUT2D eigenvalue weighted by molar-refractivity contribution is -0.135. The Bertz CT molecular complexity index is 363. The van der Waals surface area contributed by atoms with Gasteiger partial charge in [-0.2, -0.15) is 13.2 Å². The van der Waals surface area contributed by atoms with Crippen molar-refractivity contribution in [1.29, 1.82) is 0 Å². The SMILES string of the molecule is NC1CCN(Cc2ncsc2C(F)(F)F)C1. The lowest BCUT2D eigenvalue weighted by Crippen LogP contribution is -2.27. The van der Waals surface area contributed by atoms with E-state index in [-0.39, 0.29) is 18.3 Å². The monoisotopic (exact) mass is 251 g/mol. The van der Waals surface area contributed by atoms with Crippen LogP contribution in [0.1, 0.15) is 17.0 Å². The molecule has 2 N–H and O–H groups in total. The van der Waals surface area contributed by atoms with Crippen LogP contribution >= 0.6 is 11.3 Å². The first kappa shape index (κ1) is 11.8. The first-order chi connectivity index (χ1) is 7.47. The molecule has 16 heavy (non-hydrogen) atoms. The first-order valence-electron chi connectivity index (χ1n) is 4.94. The summed E-state index contributed by atoms with van der Waals surface area (Å²) in [6.07, 6.45) is -3.45. The lowest BCUT2D eigenvalue weighted by atomic mass is 10.3. The fraction of sp³-hybridized carbons (Fsp3) is 0.667. The minimum atomic E-state index is -4.29. The molecule has 2 heterocycles. The van der Waals surface area contributed by atoms with Gasteiger partial charge in [-0.3, -0.25) is 4.90 Å². The van der Waals surface area contributed by atoms with E-state index in [1.807, 2.05) is 4.90 Å². The molecular formula is C9H12F3N3S. The van der Waals surface area contributed by atoms with E-state index in [2.05, 4.69) is 4.98 Å². The summed E-state index contributed by atoms with van der Waals surface area (Å²) in [5.41, 5.74) is 7.06. The maximum absolute atomic E-state index is 12.6. The predicted octanol–water partition coefficient (Wildman–Crippen LogP) is 1.69. The van der Waals surface area contributed by atoms with Crippen LogP contribution in [0.2, 0.25) is 0 Å². The van der Waals surface area contributed by atoms with E-state index in [9.17, 15) is 13.2 Å². The van der Waals surface area contributed by atoms with E-state index in [0.717, 1.165) is 13.0 Å². The van der Waals surface area contributed by atoms with E-state index in [4.69, 9.17) is 5.73 Å². The molecule has 0 aliphatic carbocycles. The van der Waals surface area contributed by atoms with Crippen LogP contribution in [0.4, 0.5) is 13.2 Å². The van der Waals surface area contributed by atoms with Crippen LogP contribution in [0.15, 0.2) is 5.51 Å². The van der Waals surface area contributed by atoms with E-state index in [1.165, 1.54) is 5.51 Å². The summed E-state index contributed by atoms with van der Waals surface area (Å²) in [5.74, 6) is 0. The summed E-state index contributed by atoms with van der Waals surface area (Å²) in [7, 11) is 0. The van der Waals surface area contributed by atoms with Gasteiger partial charge in [-0.05, 0) is 6.42 Å². The lowest BCUT2D eigenvalue weighted by Gasteiger charge is -2.15. The highest BCUT2D eigenvalue weighted by Crippen LogP contribution is 2.35. The van der Waals surface area contributed by atoms with Crippen molar-refractivity contribution in [2.45, 2.75) is 25.2 Å². The summed E-state index contributed by atoms with van der Waals surface area (Å²) in [6.45, 7) is 1.64. The molecular weight excluding hydrogens is 239 g/mol. The summed E-state index contributed by atoms with van der Waals surface area (Å²) in [5, 5.41) is 0. The number of hydrogen-bond acceptors (Lipinski definition) is 4. The van der Waals surface area contributed by atoms with Crippen LogP contribution in [0.25, 0.3) is 0 Å². The summed E-state index contributed by atoms with van der Waals surface area (Å²) >= 11 is 0.647. The molecule has 1 unspecified atom stereocenters. The number of thiazole rings is 1. The second kappa shape index (κ2) is 4.31. The molecule has 1 aliphatic heterocycles. The molecule has 1 atom stereocenters. The van der Waals surface area contributed by atoms with Gasteiger partial charge in [0, 0.05) is 25.7 Å². The van der Waals surface area contributed by atoms with Gasteiger partial charge < -0.3 is 5.73 Å². The first-order valence-corrected chi connectivity index (χ1v) is 5.82. The minimum Gasteiger partial charge on any atom is -0.326 e. The number of hydrogen-bond donors (Lipinski definition) is 1. The van der Waals surface area contributed by atoms with Crippen molar-refractivity contribution >= 4 is 11.3 Å². The molecule has 1 aromatic heterocycles. The molecule has 2 rings (SSSR count). The fourth-order valence-corrected chi connectivity index (χ4v) is 2.50. The number of likely N-dealkylation sites (tertiary alicyclic amines) is 1. The van der Waals surface area contributed by atoms with Crippen LogP contribution in [-0.4, -0.2) is 29.0 Å². The highest BCUT2D eigenvalue weighted by molar-refractivity contribution is 7.09. The van der Waals surface area contributed by atoms with Crippen molar-refractivity contribution in [3.63, 3.8) is 0 Å². The molecule has 3 nitrogen and oxygen atoms in total.